The van der Waals surface area contributed by atoms with Gasteiger partial charge in [0.1, 0.15) is 11.6 Å². The smallest absolute Gasteiger partial charge is 0.365 e. The Hall–Kier alpha value is -3.49. The molecule has 0 spiro atoms. The van der Waals surface area contributed by atoms with E-state index in [0.717, 1.165) is 29.8 Å². The van der Waals surface area contributed by atoms with Crippen molar-refractivity contribution < 1.29 is 22.4 Å². The predicted octanol–water partition coefficient (Wildman–Crippen LogP) is 4.50. The molecule has 0 aliphatic heterocycles. The SMILES string of the molecule is O=C(Nc1ccc(C(F)(F)F)cc1)c1ccc(NCc2ccc(F)cc2)nn1. The van der Waals surface area contributed by atoms with E-state index in [0.29, 0.717) is 12.4 Å². The molecule has 0 aliphatic rings. The van der Waals surface area contributed by atoms with Crippen LogP contribution in [0.5, 0.6) is 0 Å². The van der Waals surface area contributed by atoms with Crippen LogP contribution >= 0.6 is 0 Å². The van der Waals surface area contributed by atoms with Crippen LogP contribution in [-0.2, 0) is 12.7 Å². The second kappa shape index (κ2) is 8.03. The van der Waals surface area contributed by atoms with Crippen molar-refractivity contribution in [3.05, 3.63) is 83.3 Å². The maximum absolute atomic E-state index is 12.9. The van der Waals surface area contributed by atoms with Crippen LogP contribution in [0.25, 0.3) is 0 Å². The predicted molar refractivity (Wildman–Crippen MR) is 95.2 cm³/mol. The maximum atomic E-state index is 12.9. The molecular weight excluding hydrogens is 376 g/mol. The fourth-order valence-corrected chi connectivity index (χ4v) is 2.28. The summed E-state index contributed by atoms with van der Waals surface area (Å²) in [5, 5.41) is 13.1. The highest BCUT2D eigenvalue weighted by Gasteiger charge is 2.30. The summed E-state index contributed by atoms with van der Waals surface area (Å²) in [5.74, 6) is -0.514. The summed E-state index contributed by atoms with van der Waals surface area (Å²) in [6.45, 7) is 0.395. The summed E-state index contributed by atoms with van der Waals surface area (Å²) in [6, 6.07) is 13.0. The van der Waals surface area contributed by atoms with Crippen LogP contribution in [0.1, 0.15) is 21.6 Å². The Labute approximate surface area is 157 Å². The topological polar surface area (TPSA) is 66.9 Å². The molecule has 0 atom stereocenters. The van der Waals surface area contributed by atoms with Crippen LogP contribution in [0.15, 0.2) is 60.7 Å². The van der Waals surface area contributed by atoms with E-state index < -0.39 is 17.6 Å². The van der Waals surface area contributed by atoms with Crippen molar-refractivity contribution in [3.8, 4) is 0 Å². The minimum absolute atomic E-state index is 0.00669. The summed E-state index contributed by atoms with van der Waals surface area (Å²) < 4.78 is 50.5. The van der Waals surface area contributed by atoms with E-state index in [2.05, 4.69) is 20.8 Å². The normalized spacial score (nSPS) is 11.1. The summed E-state index contributed by atoms with van der Waals surface area (Å²) in [7, 11) is 0. The van der Waals surface area contributed by atoms with Gasteiger partial charge in [0, 0.05) is 12.2 Å². The fourth-order valence-electron chi connectivity index (χ4n) is 2.28. The summed E-state index contributed by atoms with van der Waals surface area (Å²) in [6.07, 6.45) is -4.44. The Morgan fingerprint density at radius 2 is 1.57 bits per heavy atom. The first-order valence-corrected chi connectivity index (χ1v) is 8.12. The number of anilines is 2. The fraction of sp³-hybridized carbons (Fsp3) is 0.105. The number of nitrogens with zero attached hydrogens (tertiary/aromatic N) is 2. The lowest BCUT2D eigenvalue weighted by atomic mass is 10.2. The van der Waals surface area contributed by atoms with E-state index in [-0.39, 0.29) is 17.2 Å². The van der Waals surface area contributed by atoms with Gasteiger partial charge in [-0.3, -0.25) is 4.79 Å². The third-order valence-electron chi connectivity index (χ3n) is 3.75. The molecule has 144 valence electrons. The Bertz CT molecular complexity index is 940. The van der Waals surface area contributed by atoms with Crippen molar-refractivity contribution in [3.63, 3.8) is 0 Å². The van der Waals surface area contributed by atoms with Gasteiger partial charge < -0.3 is 10.6 Å². The van der Waals surface area contributed by atoms with Gasteiger partial charge in [0.05, 0.1) is 5.56 Å². The molecule has 3 aromatic rings. The first kappa shape index (κ1) is 19.3. The van der Waals surface area contributed by atoms with Crippen molar-refractivity contribution >= 4 is 17.4 Å². The van der Waals surface area contributed by atoms with Gasteiger partial charge in [-0.15, -0.1) is 10.2 Å². The van der Waals surface area contributed by atoms with Gasteiger partial charge in [0.15, 0.2) is 5.69 Å². The Balaban J connectivity index is 1.58. The minimum atomic E-state index is -4.44. The number of alkyl halides is 3. The van der Waals surface area contributed by atoms with Crippen molar-refractivity contribution in [2.75, 3.05) is 10.6 Å². The molecule has 2 N–H and O–H groups in total. The number of carbonyl (C=O) groups excluding carboxylic acids is 1. The monoisotopic (exact) mass is 390 g/mol. The number of nitrogens with one attached hydrogen (secondary N) is 2. The standard InChI is InChI=1S/C19H14F4N4O/c20-14-5-1-12(2-6-14)11-24-17-10-9-16(26-27-17)18(28)25-15-7-3-13(4-8-15)19(21,22)23/h1-10H,11H2,(H,24,27)(H,25,28). The van der Waals surface area contributed by atoms with Crippen LogP contribution in [0.2, 0.25) is 0 Å². The third kappa shape index (κ3) is 5.03. The van der Waals surface area contributed by atoms with Crippen LogP contribution in [0.4, 0.5) is 29.1 Å². The van der Waals surface area contributed by atoms with E-state index in [1.165, 1.54) is 24.3 Å². The second-order valence-corrected chi connectivity index (χ2v) is 5.81. The molecule has 0 aliphatic carbocycles. The molecule has 0 bridgehead atoms. The molecule has 1 amide bonds. The zero-order valence-electron chi connectivity index (χ0n) is 14.3. The molecular formula is C19H14F4N4O. The molecule has 1 aromatic heterocycles. The molecule has 0 unspecified atom stereocenters. The zero-order chi connectivity index (χ0) is 20.1. The van der Waals surface area contributed by atoms with Gasteiger partial charge in [-0.2, -0.15) is 13.2 Å². The average Bonchev–Trinajstić information content (AvgIpc) is 2.67. The molecule has 5 nitrogen and oxygen atoms in total. The van der Waals surface area contributed by atoms with Crippen molar-refractivity contribution in [1.29, 1.82) is 0 Å². The lowest BCUT2D eigenvalue weighted by Gasteiger charge is -2.09. The quantitative estimate of drug-likeness (QED) is 0.630. The number of hydrogen-bond donors (Lipinski definition) is 2. The van der Waals surface area contributed by atoms with Crippen molar-refractivity contribution in [2.24, 2.45) is 0 Å². The largest absolute Gasteiger partial charge is 0.416 e. The Morgan fingerprint density at radius 1 is 0.893 bits per heavy atom. The second-order valence-electron chi connectivity index (χ2n) is 5.81. The molecule has 28 heavy (non-hydrogen) atoms. The first-order chi connectivity index (χ1) is 13.3. The average molecular weight is 390 g/mol. The highest BCUT2D eigenvalue weighted by molar-refractivity contribution is 6.02. The minimum Gasteiger partial charge on any atom is -0.365 e. The summed E-state index contributed by atoms with van der Waals surface area (Å²) in [4.78, 5) is 12.1. The zero-order valence-corrected chi connectivity index (χ0v) is 14.3. The molecule has 9 heteroatoms. The summed E-state index contributed by atoms with van der Waals surface area (Å²) >= 11 is 0. The van der Waals surface area contributed by atoms with Gasteiger partial charge >= 0.3 is 6.18 Å². The van der Waals surface area contributed by atoms with E-state index in [1.807, 2.05) is 0 Å². The number of hydrogen-bond acceptors (Lipinski definition) is 4. The maximum Gasteiger partial charge on any atom is 0.416 e. The number of aromatic nitrogens is 2. The highest BCUT2D eigenvalue weighted by atomic mass is 19.4. The molecule has 3 rings (SSSR count). The van der Waals surface area contributed by atoms with E-state index in [1.54, 1.807) is 12.1 Å². The number of benzene rings is 2. The number of carbonyl (C=O) groups is 1. The Morgan fingerprint density at radius 3 is 2.14 bits per heavy atom. The molecule has 1 heterocycles. The number of amides is 1. The van der Waals surface area contributed by atoms with Crippen LogP contribution in [0.3, 0.4) is 0 Å². The van der Waals surface area contributed by atoms with Crippen LogP contribution in [-0.4, -0.2) is 16.1 Å². The number of halogens is 4. The van der Waals surface area contributed by atoms with Gasteiger partial charge in [0.25, 0.3) is 5.91 Å². The molecule has 0 saturated carbocycles. The Kier molecular flexibility index (Phi) is 5.53. The van der Waals surface area contributed by atoms with Gasteiger partial charge in [-0.25, -0.2) is 4.39 Å². The van der Waals surface area contributed by atoms with Crippen LogP contribution < -0.4 is 10.6 Å². The van der Waals surface area contributed by atoms with Gasteiger partial charge in [-0.1, -0.05) is 12.1 Å². The van der Waals surface area contributed by atoms with Crippen LogP contribution in [0, 0.1) is 5.82 Å². The molecule has 0 radical (unpaired) electrons. The molecule has 0 fully saturated rings. The number of rotatable bonds is 5. The van der Waals surface area contributed by atoms with E-state index in [9.17, 15) is 22.4 Å². The third-order valence-corrected chi connectivity index (χ3v) is 3.75. The van der Waals surface area contributed by atoms with Gasteiger partial charge in [-0.05, 0) is 54.1 Å². The highest BCUT2D eigenvalue weighted by Crippen LogP contribution is 2.29. The van der Waals surface area contributed by atoms with Crippen molar-refractivity contribution in [1.82, 2.24) is 10.2 Å². The first-order valence-electron chi connectivity index (χ1n) is 8.12. The van der Waals surface area contributed by atoms with Crippen molar-refractivity contribution in [2.45, 2.75) is 12.7 Å². The lowest BCUT2D eigenvalue weighted by Crippen LogP contribution is -2.15. The molecule has 2 aromatic carbocycles. The molecule has 0 saturated heterocycles. The van der Waals surface area contributed by atoms with E-state index in [4.69, 9.17) is 0 Å². The van der Waals surface area contributed by atoms with E-state index >= 15 is 0 Å². The lowest BCUT2D eigenvalue weighted by molar-refractivity contribution is -0.137. The summed E-state index contributed by atoms with van der Waals surface area (Å²) in [5.41, 5.74) is 0.250. The van der Waals surface area contributed by atoms with Gasteiger partial charge in [0.2, 0.25) is 0 Å².